The standard InChI is InChI=1S/C18H25NO2/c1-6-9-14-10-8-11-15-16(14)13(7-2)12-19(15)17(20)21-18(3,4)5/h8,10-12H,6-7,9H2,1-5H3. The van der Waals surface area contributed by atoms with E-state index < -0.39 is 5.60 Å². The number of ether oxygens (including phenoxy) is 1. The van der Waals surface area contributed by atoms with E-state index >= 15 is 0 Å². The van der Waals surface area contributed by atoms with Gasteiger partial charge < -0.3 is 4.74 Å². The van der Waals surface area contributed by atoms with Crippen LogP contribution in [0.3, 0.4) is 0 Å². The van der Waals surface area contributed by atoms with Gasteiger partial charge in [-0.25, -0.2) is 4.79 Å². The summed E-state index contributed by atoms with van der Waals surface area (Å²) in [5.74, 6) is 0. The minimum absolute atomic E-state index is 0.305. The van der Waals surface area contributed by atoms with Crippen molar-refractivity contribution in [3.8, 4) is 0 Å². The number of rotatable bonds is 3. The number of hydrogen-bond donors (Lipinski definition) is 0. The normalized spacial score (nSPS) is 11.9. The summed E-state index contributed by atoms with van der Waals surface area (Å²) < 4.78 is 7.16. The quantitative estimate of drug-likeness (QED) is 0.800. The van der Waals surface area contributed by atoms with Crippen LogP contribution >= 0.6 is 0 Å². The SMILES string of the molecule is CCCc1cccc2c1c(CC)cn2C(=O)OC(C)(C)C. The number of nitrogens with zero attached hydrogens (tertiary/aromatic N) is 1. The van der Waals surface area contributed by atoms with E-state index in [1.165, 1.54) is 16.5 Å². The Hall–Kier alpha value is -1.77. The van der Waals surface area contributed by atoms with Gasteiger partial charge in [0.05, 0.1) is 5.52 Å². The Balaban J connectivity index is 2.56. The Morgan fingerprint density at radius 3 is 2.48 bits per heavy atom. The van der Waals surface area contributed by atoms with Gasteiger partial charge in [0.1, 0.15) is 5.60 Å². The van der Waals surface area contributed by atoms with Crippen molar-refractivity contribution in [2.24, 2.45) is 0 Å². The smallest absolute Gasteiger partial charge is 0.419 e. The van der Waals surface area contributed by atoms with Crippen molar-refractivity contribution in [1.82, 2.24) is 4.57 Å². The Morgan fingerprint density at radius 2 is 1.90 bits per heavy atom. The Kier molecular flexibility index (Phi) is 4.40. The van der Waals surface area contributed by atoms with E-state index in [-0.39, 0.29) is 6.09 Å². The molecular weight excluding hydrogens is 262 g/mol. The van der Waals surface area contributed by atoms with Gasteiger partial charge in [0.25, 0.3) is 0 Å². The molecule has 0 aliphatic heterocycles. The van der Waals surface area contributed by atoms with Crippen molar-refractivity contribution in [1.29, 1.82) is 0 Å². The fraction of sp³-hybridized carbons (Fsp3) is 0.500. The molecular formula is C18H25NO2. The molecule has 0 radical (unpaired) electrons. The molecule has 0 N–H and O–H groups in total. The van der Waals surface area contributed by atoms with E-state index in [0.717, 1.165) is 24.8 Å². The van der Waals surface area contributed by atoms with Crippen molar-refractivity contribution in [3.63, 3.8) is 0 Å². The van der Waals surface area contributed by atoms with Crippen LogP contribution in [0, 0.1) is 0 Å². The van der Waals surface area contributed by atoms with Gasteiger partial charge in [-0.2, -0.15) is 0 Å². The van der Waals surface area contributed by atoms with Crippen LogP contribution < -0.4 is 0 Å². The highest BCUT2D eigenvalue weighted by Gasteiger charge is 2.21. The molecule has 1 aromatic heterocycles. The van der Waals surface area contributed by atoms with Crippen LogP contribution in [0.15, 0.2) is 24.4 Å². The summed E-state index contributed by atoms with van der Waals surface area (Å²) >= 11 is 0. The predicted molar refractivity (Wildman–Crippen MR) is 86.9 cm³/mol. The zero-order valence-corrected chi connectivity index (χ0v) is 13.7. The molecule has 2 aromatic rings. The van der Waals surface area contributed by atoms with Crippen LogP contribution in [-0.2, 0) is 17.6 Å². The molecule has 0 bridgehead atoms. The maximum atomic E-state index is 12.4. The van der Waals surface area contributed by atoms with Crippen molar-refractivity contribution >= 4 is 17.0 Å². The molecule has 114 valence electrons. The van der Waals surface area contributed by atoms with Crippen LogP contribution in [0.2, 0.25) is 0 Å². The lowest BCUT2D eigenvalue weighted by molar-refractivity contribution is 0.0544. The second kappa shape index (κ2) is 5.92. The first-order chi connectivity index (χ1) is 9.87. The second-order valence-electron chi connectivity index (χ2n) is 6.42. The first-order valence-electron chi connectivity index (χ1n) is 7.72. The fourth-order valence-electron chi connectivity index (χ4n) is 2.66. The molecule has 21 heavy (non-hydrogen) atoms. The number of aryl methyl sites for hydroxylation is 2. The minimum Gasteiger partial charge on any atom is -0.443 e. The number of carbonyl (C=O) groups is 1. The summed E-state index contributed by atoms with van der Waals surface area (Å²) in [5, 5.41) is 1.22. The van der Waals surface area contributed by atoms with Gasteiger partial charge in [-0.05, 0) is 50.8 Å². The minimum atomic E-state index is -0.485. The van der Waals surface area contributed by atoms with E-state index in [1.54, 1.807) is 4.57 Å². The lowest BCUT2D eigenvalue weighted by Gasteiger charge is -2.19. The zero-order chi connectivity index (χ0) is 15.6. The molecule has 0 amide bonds. The number of aromatic nitrogens is 1. The highest BCUT2D eigenvalue weighted by atomic mass is 16.6. The summed E-state index contributed by atoms with van der Waals surface area (Å²) in [5.41, 5.74) is 2.99. The van der Waals surface area contributed by atoms with Crippen LogP contribution in [0.25, 0.3) is 10.9 Å². The lowest BCUT2D eigenvalue weighted by atomic mass is 10.0. The fourth-order valence-corrected chi connectivity index (χ4v) is 2.66. The van der Waals surface area contributed by atoms with Crippen molar-refractivity contribution in [2.45, 2.75) is 59.5 Å². The molecule has 0 unspecified atom stereocenters. The Labute approximate surface area is 126 Å². The molecule has 3 heteroatoms. The third-order valence-corrected chi connectivity index (χ3v) is 3.48. The summed E-state index contributed by atoms with van der Waals surface area (Å²) in [6.07, 6.45) is 4.66. The maximum Gasteiger partial charge on any atom is 0.419 e. The largest absolute Gasteiger partial charge is 0.443 e. The van der Waals surface area contributed by atoms with Gasteiger partial charge in [-0.3, -0.25) is 4.57 Å². The first kappa shape index (κ1) is 15.6. The number of hydrogen-bond acceptors (Lipinski definition) is 2. The monoisotopic (exact) mass is 287 g/mol. The number of fused-ring (bicyclic) bond motifs is 1. The predicted octanol–water partition coefficient (Wildman–Crippen LogP) is 4.94. The third kappa shape index (κ3) is 3.29. The third-order valence-electron chi connectivity index (χ3n) is 3.48. The van der Waals surface area contributed by atoms with E-state index in [1.807, 2.05) is 39.1 Å². The molecule has 3 nitrogen and oxygen atoms in total. The Bertz CT molecular complexity index is 647. The van der Waals surface area contributed by atoms with Gasteiger partial charge in [0, 0.05) is 11.6 Å². The van der Waals surface area contributed by atoms with Crippen molar-refractivity contribution < 1.29 is 9.53 Å². The summed E-state index contributed by atoms with van der Waals surface area (Å²) in [4.78, 5) is 12.4. The molecule has 2 rings (SSSR count). The van der Waals surface area contributed by atoms with E-state index in [9.17, 15) is 4.79 Å². The lowest BCUT2D eigenvalue weighted by Crippen LogP contribution is -2.26. The molecule has 1 heterocycles. The molecule has 1 aromatic carbocycles. The zero-order valence-electron chi connectivity index (χ0n) is 13.7. The molecule has 0 saturated carbocycles. The highest BCUT2D eigenvalue weighted by molar-refractivity contribution is 5.94. The molecule has 0 fully saturated rings. The van der Waals surface area contributed by atoms with E-state index in [2.05, 4.69) is 19.9 Å². The molecule has 0 spiro atoms. The van der Waals surface area contributed by atoms with Gasteiger partial charge in [0.15, 0.2) is 0 Å². The van der Waals surface area contributed by atoms with E-state index in [0.29, 0.717) is 0 Å². The molecule has 0 saturated heterocycles. The second-order valence-corrected chi connectivity index (χ2v) is 6.42. The van der Waals surface area contributed by atoms with Crippen LogP contribution in [0.1, 0.15) is 52.2 Å². The van der Waals surface area contributed by atoms with Gasteiger partial charge in [-0.15, -0.1) is 0 Å². The van der Waals surface area contributed by atoms with Gasteiger partial charge in [0.2, 0.25) is 0 Å². The number of benzene rings is 1. The van der Waals surface area contributed by atoms with Crippen molar-refractivity contribution in [2.75, 3.05) is 0 Å². The first-order valence-corrected chi connectivity index (χ1v) is 7.72. The summed E-state index contributed by atoms with van der Waals surface area (Å²) in [7, 11) is 0. The van der Waals surface area contributed by atoms with Gasteiger partial charge >= 0.3 is 6.09 Å². The van der Waals surface area contributed by atoms with Crippen LogP contribution in [0.5, 0.6) is 0 Å². The Morgan fingerprint density at radius 1 is 1.19 bits per heavy atom. The van der Waals surface area contributed by atoms with Gasteiger partial charge in [-0.1, -0.05) is 32.4 Å². The highest BCUT2D eigenvalue weighted by Crippen LogP contribution is 2.27. The molecule has 0 atom stereocenters. The topological polar surface area (TPSA) is 31.2 Å². The van der Waals surface area contributed by atoms with Crippen LogP contribution in [-0.4, -0.2) is 16.3 Å². The average molecular weight is 287 g/mol. The maximum absolute atomic E-state index is 12.4. The average Bonchev–Trinajstić information content (AvgIpc) is 2.77. The summed E-state index contributed by atoms with van der Waals surface area (Å²) in [6.45, 7) is 9.96. The molecule has 0 aliphatic carbocycles. The van der Waals surface area contributed by atoms with Crippen molar-refractivity contribution in [3.05, 3.63) is 35.5 Å². The summed E-state index contributed by atoms with van der Waals surface area (Å²) in [6, 6.07) is 6.18. The number of carbonyl (C=O) groups excluding carboxylic acids is 1. The van der Waals surface area contributed by atoms with Crippen LogP contribution in [0.4, 0.5) is 4.79 Å². The van der Waals surface area contributed by atoms with E-state index in [4.69, 9.17) is 4.74 Å². The molecule has 0 aliphatic rings.